The Bertz CT molecular complexity index is 464. The molecule has 0 heterocycles. The minimum absolute atomic E-state index is 0.148. The first kappa shape index (κ1) is 13.9. The molecule has 92 valence electrons. The Kier molecular flexibility index (Phi) is 4.89. The van der Waals surface area contributed by atoms with E-state index in [9.17, 15) is 14.9 Å². The highest BCUT2D eigenvalue weighted by Gasteiger charge is 2.21. The summed E-state index contributed by atoms with van der Waals surface area (Å²) in [5, 5.41) is 11.5. The summed E-state index contributed by atoms with van der Waals surface area (Å²) in [6.07, 6.45) is -0.148. The van der Waals surface area contributed by atoms with Crippen molar-refractivity contribution in [2.45, 2.75) is 11.8 Å². The molecule has 0 spiro atoms. The van der Waals surface area contributed by atoms with Crippen molar-refractivity contribution in [3.05, 3.63) is 38.4 Å². The monoisotopic (exact) mass is 321 g/mol. The summed E-state index contributed by atoms with van der Waals surface area (Å²) < 4.78 is 4.51. The summed E-state index contributed by atoms with van der Waals surface area (Å²) in [5.41, 5.74) is 0.759. The van der Waals surface area contributed by atoms with E-state index in [1.807, 2.05) is 0 Å². The van der Waals surface area contributed by atoms with Crippen LogP contribution in [0.25, 0.3) is 0 Å². The lowest BCUT2D eigenvalue weighted by Crippen LogP contribution is -2.09. The van der Waals surface area contributed by atoms with Crippen LogP contribution in [-0.4, -0.2) is 18.0 Å². The predicted octanol–water partition coefficient (Wildman–Crippen LogP) is 2.86. The number of carbonyl (C=O) groups excluding carboxylic acids is 1. The molecule has 0 unspecified atom stereocenters. The number of nitro groups is 1. The average molecular weight is 323 g/mol. The highest BCUT2D eigenvalue weighted by atomic mass is 79.9. The maximum Gasteiger partial charge on any atom is 0.310 e. The molecule has 0 amide bonds. The Hall–Kier alpha value is -1.14. The molecule has 0 saturated carbocycles. The van der Waals surface area contributed by atoms with E-state index < -0.39 is 10.9 Å². The summed E-state index contributed by atoms with van der Waals surface area (Å²) >= 11 is 8.98. The van der Waals surface area contributed by atoms with Gasteiger partial charge in [0.2, 0.25) is 0 Å². The van der Waals surface area contributed by atoms with Gasteiger partial charge < -0.3 is 4.74 Å². The number of benzene rings is 1. The Morgan fingerprint density at radius 3 is 2.71 bits per heavy atom. The summed E-state index contributed by atoms with van der Waals surface area (Å²) in [4.78, 5) is 21.5. The topological polar surface area (TPSA) is 69.4 Å². The summed E-state index contributed by atoms with van der Waals surface area (Å²) in [7, 11) is 1.23. The molecule has 0 aliphatic rings. The molecule has 0 radical (unpaired) electrons. The van der Waals surface area contributed by atoms with Gasteiger partial charge in [-0.3, -0.25) is 14.9 Å². The van der Waals surface area contributed by atoms with E-state index in [0.29, 0.717) is 16.5 Å². The fraction of sp³-hybridized carbons (Fsp3) is 0.300. The molecule has 5 nitrogen and oxygen atoms in total. The first-order chi connectivity index (χ1) is 7.99. The fourth-order valence-corrected chi connectivity index (χ4v) is 2.12. The van der Waals surface area contributed by atoms with Crippen LogP contribution in [0.5, 0.6) is 0 Å². The Balaban J connectivity index is 3.31. The molecule has 1 rings (SSSR count). The van der Waals surface area contributed by atoms with Gasteiger partial charge in [0.15, 0.2) is 0 Å². The minimum Gasteiger partial charge on any atom is -0.469 e. The SMILES string of the molecule is COC(=O)Cc1c(CBr)cc(Cl)cc1[N+](=O)[O-]. The van der Waals surface area contributed by atoms with E-state index >= 15 is 0 Å². The summed E-state index contributed by atoms with van der Waals surface area (Å²) in [6.45, 7) is 0. The third kappa shape index (κ3) is 3.41. The zero-order chi connectivity index (χ0) is 13.0. The summed E-state index contributed by atoms with van der Waals surface area (Å²) in [5.74, 6) is -0.530. The molecule has 1 aromatic carbocycles. The van der Waals surface area contributed by atoms with Gasteiger partial charge in [0, 0.05) is 22.0 Å². The van der Waals surface area contributed by atoms with Gasteiger partial charge in [-0.25, -0.2) is 0 Å². The summed E-state index contributed by atoms with van der Waals surface area (Å²) in [6, 6.07) is 2.81. The van der Waals surface area contributed by atoms with Crippen LogP contribution >= 0.6 is 27.5 Å². The number of halogens is 2. The van der Waals surface area contributed by atoms with Crippen molar-refractivity contribution in [2.24, 2.45) is 0 Å². The van der Waals surface area contributed by atoms with Crippen LogP contribution in [0.1, 0.15) is 11.1 Å². The molecule has 0 bridgehead atoms. The number of carbonyl (C=O) groups is 1. The number of nitrogens with zero attached hydrogens (tertiary/aromatic N) is 1. The maximum absolute atomic E-state index is 11.2. The third-order valence-corrected chi connectivity index (χ3v) is 3.00. The van der Waals surface area contributed by atoms with E-state index in [1.165, 1.54) is 13.2 Å². The molecule has 0 aliphatic heterocycles. The van der Waals surface area contributed by atoms with Crippen molar-refractivity contribution < 1.29 is 14.5 Å². The number of esters is 1. The fourth-order valence-electron chi connectivity index (χ4n) is 1.38. The lowest BCUT2D eigenvalue weighted by molar-refractivity contribution is -0.385. The van der Waals surface area contributed by atoms with Crippen molar-refractivity contribution in [1.82, 2.24) is 0 Å². The quantitative estimate of drug-likeness (QED) is 0.370. The van der Waals surface area contributed by atoms with Gasteiger partial charge in [-0.15, -0.1) is 0 Å². The molecule has 17 heavy (non-hydrogen) atoms. The second kappa shape index (κ2) is 5.97. The van der Waals surface area contributed by atoms with Crippen LogP contribution in [-0.2, 0) is 21.3 Å². The van der Waals surface area contributed by atoms with Gasteiger partial charge in [0.1, 0.15) is 0 Å². The molecular weight excluding hydrogens is 313 g/mol. The third-order valence-electron chi connectivity index (χ3n) is 2.17. The average Bonchev–Trinajstić information content (AvgIpc) is 2.30. The van der Waals surface area contributed by atoms with Gasteiger partial charge in [-0.2, -0.15) is 0 Å². The molecular formula is C10H9BrClNO4. The first-order valence-electron chi connectivity index (χ1n) is 4.58. The molecule has 0 fully saturated rings. The largest absolute Gasteiger partial charge is 0.469 e. The Labute approximate surface area is 111 Å². The van der Waals surface area contributed by atoms with Crippen molar-refractivity contribution in [1.29, 1.82) is 0 Å². The number of hydrogen-bond acceptors (Lipinski definition) is 4. The van der Waals surface area contributed by atoms with Crippen LogP contribution in [0, 0.1) is 10.1 Å². The number of methoxy groups -OCH3 is 1. The number of hydrogen-bond donors (Lipinski definition) is 0. The Morgan fingerprint density at radius 1 is 1.59 bits per heavy atom. The van der Waals surface area contributed by atoms with Gasteiger partial charge in [-0.1, -0.05) is 27.5 Å². The molecule has 0 atom stereocenters. The molecule has 0 N–H and O–H groups in total. The standard InChI is InChI=1S/C10H9BrClNO4/c1-17-10(14)4-8-6(5-11)2-7(12)3-9(8)13(15)16/h2-3H,4-5H2,1H3. The second-order valence-electron chi connectivity index (χ2n) is 3.21. The van der Waals surface area contributed by atoms with Crippen molar-refractivity contribution in [3.8, 4) is 0 Å². The van der Waals surface area contributed by atoms with Crippen molar-refractivity contribution >= 4 is 39.2 Å². The van der Waals surface area contributed by atoms with E-state index in [2.05, 4.69) is 20.7 Å². The minimum atomic E-state index is -0.559. The first-order valence-corrected chi connectivity index (χ1v) is 6.08. The van der Waals surface area contributed by atoms with Crippen LogP contribution in [0.15, 0.2) is 12.1 Å². The number of alkyl halides is 1. The van der Waals surface area contributed by atoms with Gasteiger partial charge >= 0.3 is 5.97 Å². The molecule has 0 aliphatic carbocycles. The predicted molar refractivity (Wildman–Crippen MR) is 66.5 cm³/mol. The van der Waals surface area contributed by atoms with Gasteiger partial charge in [0.25, 0.3) is 5.69 Å². The molecule has 1 aromatic rings. The van der Waals surface area contributed by atoms with Crippen LogP contribution < -0.4 is 0 Å². The van der Waals surface area contributed by atoms with Crippen LogP contribution in [0.2, 0.25) is 5.02 Å². The van der Waals surface area contributed by atoms with E-state index in [0.717, 1.165) is 0 Å². The molecule has 0 saturated heterocycles. The van der Waals surface area contributed by atoms with Crippen molar-refractivity contribution in [3.63, 3.8) is 0 Å². The molecule has 7 heteroatoms. The van der Waals surface area contributed by atoms with E-state index in [-0.39, 0.29) is 17.1 Å². The van der Waals surface area contributed by atoms with Crippen LogP contribution in [0.4, 0.5) is 5.69 Å². The second-order valence-corrected chi connectivity index (χ2v) is 4.20. The highest BCUT2D eigenvalue weighted by Crippen LogP contribution is 2.29. The number of nitro benzene ring substituents is 1. The van der Waals surface area contributed by atoms with Gasteiger partial charge in [-0.05, 0) is 11.6 Å². The number of ether oxygens (including phenoxy) is 1. The Morgan fingerprint density at radius 2 is 2.24 bits per heavy atom. The smallest absolute Gasteiger partial charge is 0.310 e. The van der Waals surface area contributed by atoms with Crippen molar-refractivity contribution in [2.75, 3.05) is 7.11 Å². The molecule has 0 aromatic heterocycles. The van der Waals surface area contributed by atoms with E-state index in [1.54, 1.807) is 6.07 Å². The van der Waals surface area contributed by atoms with Gasteiger partial charge in [0.05, 0.1) is 18.5 Å². The lowest BCUT2D eigenvalue weighted by atomic mass is 10.0. The van der Waals surface area contributed by atoms with Crippen LogP contribution in [0.3, 0.4) is 0 Å². The zero-order valence-corrected chi connectivity index (χ0v) is 11.2. The number of rotatable bonds is 4. The maximum atomic E-state index is 11.2. The zero-order valence-electron chi connectivity index (χ0n) is 8.91. The lowest BCUT2D eigenvalue weighted by Gasteiger charge is -2.07. The van der Waals surface area contributed by atoms with E-state index in [4.69, 9.17) is 11.6 Å². The highest BCUT2D eigenvalue weighted by molar-refractivity contribution is 9.08. The normalized spacial score (nSPS) is 10.1.